The van der Waals surface area contributed by atoms with Crippen molar-refractivity contribution in [2.24, 2.45) is 0 Å². The van der Waals surface area contributed by atoms with Gasteiger partial charge in [-0.15, -0.1) is 0 Å². The third kappa shape index (κ3) is 8.21. The van der Waals surface area contributed by atoms with E-state index in [-0.39, 0.29) is 10.8 Å². The predicted molar refractivity (Wildman–Crippen MR) is 85.2 cm³/mol. The molecule has 0 aliphatic heterocycles. The Morgan fingerprint density at radius 2 is 0.895 bits per heavy atom. The van der Waals surface area contributed by atoms with Gasteiger partial charge in [0.05, 0.1) is 19.0 Å². The van der Waals surface area contributed by atoms with Gasteiger partial charge in [0.25, 0.3) is 0 Å². The van der Waals surface area contributed by atoms with Crippen LogP contribution in [-0.4, -0.2) is 56.3 Å². The highest BCUT2D eigenvalue weighted by atomic mass is 28.3. The van der Waals surface area contributed by atoms with Crippen LogP contribution in [0, 0.1) is 0 Å². The number of hydrogen-bond donors (Lipinski definition) is 0. The van der Waals surface area contributed by atoms with Crippen molar-refractivity contribution in [3.8, 4) is 0 Å². The van der Waals surface area contributed by atoms with Crippen LogP contribution >= 0.6 is 0 Å². The van der Waals surface area contributed by atoms with E-state index in [0.717, 1.165) is 0 Å². The van der Waals surface area contributed by atoms with Crippen molar-refractivity contribution < 1.29 is 18.9 Å². The van der Waals surface area contributed by atoms with Gasteiger partial charge in [-0.2, -0.15) is 0 Å². The summed E-state index contributed by atoms with van der Waals surface area (Å²) in [7, 11) is -0.899. The highest BCUT2D eigenvalue weighted by Gasteiger charge is 2.29. The molecule has 0 fully saturated rings. The van der Waals surface area contributed by atoms with Gasteiger partial charge in [-0.1, -0.05) is 5.67 Å². The Balaban J connectivity index is 4.27. The third-order valence-electron chi connectivity index (χ3n) is 3.06. The van der Waals surface area contributed by atoms with Gasteiger partial charge in [0.1, 0.15) is 10.8 Å². The van der Waals surface area contributed by atoms with Crippen molar-refractivity contribution in [2.45, 2.75) is 58.0 Å². The second kappa shape index (κ2) is 10.1. The first kappa shape index (κ1) is 19.3. The number of ether oxygens (including phenoxy) is 4. The summed E-state index contributed by atoms with van der Waals surface area (Å²) in [6.07, 6.45) is 0. The van der Waals surface area contributed by atoms with Crippen LogP contribution in [0.25, 0.3) is 0 Å². The highest BCUT2D eigenvalue weighted by molar-refractivity contribution is 6.58. The van der Waals surface area contributed by atoms with E-state index in [0.29, 0.717) is 26.4 Å². The lowest BCUT2D eigenvalue weighted by Gasteiger charge is -2.32. The van der Waals surface area contributed by atoms with Crippen LogP contribution in [0.4, 0.5) is 0 Å². The third-order valence-corrected chi connectivity index (χ3v) is 8.52. The quantitative estimate of drug-likeness (QED) is 0.401. The molecule has 0 heterocycles. The average molecular weight is 309 g/mol. The molecule has 0 aromatic rings. The molecule has 0 unspecified atom stereocenters. The largest absolute Gasteiger partial charge is 0.355 e. The van der Waals surface area contributed by atoms with Crippen LogP contribution in [0.1, 0.15) is 41.5 Å². The van der Waals surface area contributed by atoms with E-state index in [1.165, 1.54) is 5.67 Å². The first-order valence-electron chi connectivity index (χ1n) is 7.51. The van der Waals surface area contributed by atoms with E-state index < -0.39 is 19.0 Å². The molecule has 0 radical (unpaired) electrons. The second-order valence-corrected chi connectivity index (χ2v) is 11.3. The molecule has 0 saturated heterocycles. The summed E-state index contributed by atoms with van der Waals surface area (Å²) in [5, 5.41) is 0. The fraction of sp³-hybridized carbons (Fsp3) is 1.00. The molecule has 6 heteroatoms. The highest BCUT2D eigenvalue weighted by Crippen LogP contribution is 2.16. The van der Waals surface area contributed by atoms with E-state index in [1.54, 1.807) is 0 Å². The van der Waals surface area contributed by atoms with Crippen LogP contribution in [0.3, 0.4) is 0 Å². The second-order valence-electron chi connectivity index (χ2n) is 4.85. The van der Waals surface area contributed by atoms with Crippen LogP contribution in [0.15, 0.2) is 0 Å². The molecule has 0 N–H and O–H groups in total. The molecule has 0 aromatic heterocycles. The summed E-state index contributed by atoms with van der Waals surface area (Å²) >= 11 is 0. The molecule has 0 bridgehead atoms. The Hall–Kier alpha value is 0.274. The van der Waals surface area contributed by atoms with Crippen molar-refractivity contribution >= 4 is 19.0 Å². The molecular formula is C13H32O4Si2. The minimum absolute atomic E-state index is 0.324. The molecule has 0 spiro atoms. The van der Waals surface area contributed by atoms with Crippen LogP contribution in [-0.2, 0) is 18.9 Å². The average Bonchev–Trinajstić information content (AvgIpc) is 2.29. The van der Waals surface area contributed by atoms with Crippen molar-refractivity contribution in [1.82, 2.24) is 0 Å². The lowest BCUT2D eigenvalue weighted by molar-refractivity contribution is -0.164. The zero-order chi connectivity index (χ0) is 14.8. The van der Waals surface area contributed by atoms with Crippen LogP contribution < -0.4 is 0 Å². The molecular weight excluding hydrogens is 276 g/mol. The Morgan fingerprint density at radius 3 is 1.11 bits per heavy atom. The standard InChI is InChI=1S/C13H32O4Si2/c1-7-14-12(5,15-8-2)18-11-19-13(6,16-9-3)17-10-4/h7-11,18-19H2,1-6H3. The Kier molecular flexibility index (Phi) is 10.2. The van der Waals surface area contributed by atoms with Gasteiger partial charge >= 0.3 is 0 Å². The minimum atomic E-state index is -0.450. The fourth-order valence-electron chi connectivity index (χ4n) is 2.32. The fourth-order valence-corrected chi connectivity index (χ4v) is 9.56. The maximum atomic E-state index is 5.78. The first-order valence-corrected chi connectivity index (χ1v) is 10.9. The normalized spacial score (nSPS) is 14.2. The lowest BCUT2D eigenvalue weighted by atomic mass is 10.7. The molecule has 0 amide bonds. The van der Waals surface area contributed by atoms with Gasteiger partial charge in [0.2, 0.25) is 0 Å². The van der Waals surface area contributed by atoms with Crippen molar-refractivity contribution in [3.05, 3.63) is 0 Å². The molecule has 0 aromatic carbocycles. The van der Waals surface area contributed by atoms with E-state index in [2.05, 4.69) is 13.8 Å². The van der Waals surface area contributed by atoms with E-state index in [4.69, 9.17) is 18.9 Å². The Morgan fingerprint density at radius 1 is 0.632 bits per heavy atom. The number of rotatable bonds is 12. The summed E-state index contributed by atoms with van der Waals surface area (Å²) in [6.45, 7) is 15.1. The van der Waals surface area contributed by atoms with Crippen molar-refractivity contribution in [3.63, 3.8) is 0 Å². The molecule has 0 atom stereocenters. The van der Waals surface area contributed by atoms with E-state index in [9.17, 15) is 0 Å². The van der Waals surface area contributed by atoms with Crippen molar-refractivity contribution in [2.75, 3.05) is 26.4 Å². The van der Waals surface area contributed by atoms with Gasteiger partial charge < -0.3 is 18.9 Å². The smallest absolute Gasteiger partial charge is 0.141 e. The zero-order valence-electron chi connectivity index (χ0n) is 13.6. The lowest BCUT2D eigenvalue weighted by Crippen LogP contribution is -2.44. The molecule has 4 nitrogen and oxygen atoms in total. The maximum absolute atomic E-state index is 5.78. The van der Waals surface area contributed by atoms with Gasteiger partial charge in [-0.3, -0.25) is 0 Å². The number of hydrogen-bond acceptors (Lipinski definition) is 4. The topological polar surface area (TPSA) is 36.9 Å². The summed E-state index contributed by atoms with van der Waals surface area (Å²) in [4.78, 5) is 0. The summed E-state index contributed by atoms with van der Waals surface area (Å²) in [6, 6.07) is 0. The summed E-state index contributed by atoms with van der Waals surface area (Å²) in [5.41, 5.74) is 0.568. The molecule has 0 saturated carbocycles. The molecule has 0 aliphatic rings. The Labute approximate surface area is 123 Å². The first-order chi connectivity index (χ1) is 8.95. The Bertz CT molecular complexity index is 193. The van der Waals surface area contributed by atoms with Crippen molar-refractivity contribution in [1.29, 1.82) is 0 Å². The SMILES string of the molecule is CCOC(C)(OCC)[SiH2]C[SiH2]C(C)(OCC)OCC. The van der Waals surface area contributed by atoms with E-state index >= 15 is 0 Å². The summed E-state index contributed by atoms with van der Waals surface area (Å²) in [5.74, 6) is 0. The van der Waals surface area contributed by atoms with E-state index in [1.807, 2.05) is 27.7 Å². The minimum Gasteiger partial charge on any atom is -0.355 e. The maximum Gasteiger partial charge on any atom is 0.141 e. The molecule has 116 valence electrons. The van der Waals surface area contributed by atoms with Gasteiger partial charge in [0.15, 0.2) is 0 Å². The molecule has 0 aliphatic carbocycles. The molecule has 19 heavy (non-hydrogen) atoms. The van der Waals surface area contributed by atoms with Gasteiger partial charge in [-0.05, 0) is 41.5 Å². The summed E-state index contributed by atoms with van der Waals surface area (Å²) < 4.78 is 23.1. The predicted octanol–water partition coefficient (Wildman–Crippen LogP) is 1.19. The van der Waals surface area contributed by atoms with Gasteiger partial charge in [0, 0.05) is 26.4 Å². The monoisotopic (exact) mass is 308 g/mol. The van der Waals surface area contributed by atoms with Crippen LogP contribution in [0.5, 0.6) is 0 Å². The van der Waals surface area contributed by atoms with Gasteiger partial charge in [-0.25, -0.2) is 0 Å². The van der Waals surface area contributed by atoms with Crippen LogP contribution in [0.2, 0.25) is 5.67 Å². The molecule has 0 rings (SSSR count). The zero-order valence-corrected chi connectivity index (χ0v) is 16.4.